The molecule has 1 atom stereocenters. The summed E-state index contributed by atoms with van der Waals surface area (Å²) in [7, 11) is 1.68. The quantitative estimate of drug-likeness (QED) is 0.867. The molecule has 0 radical (unpaired) electrons. The highest BCUT2D eigenvalue weighted by Gasteiger charge is 2.07. The normalized spacial score (nSPS) is 12.4. The Bertz CT molecular complexity index is 504. The van der Waals surface area contributed by atoms with Gasteiger partial charge in [0.25, 0.3) is 0 Å². The van der Waals surface area contributed by atoms with E-state index in [9.17, 15) is 0 Å². The summed E-state index contributed by atoms with van der Waals surface area (Å²) >= 11 is 0. The van der Waals surface area contributed by atoms with Crippen molar-refractivity contribution in [1.29, 1.82) is 0 Å². The van der Waals surface area contributed by atoms with Crippen molar-refractivity contribution in [3.8, 4) is 5.75 Å². The molecule has 1 aromatic heterocycles. The van der Waals surface area contributed by atoms with Crippen molar-refractivity contribution in [3.63, 3.8) is 0 Å². The first-order chi connectivity index (χ1) is 9.24. The molecule has 2 aromatic rings. The minimum atomic E-state index is 0.297. The average molecular weight is 259 g/mol. The molecular formula is C15H21N3O. The van der Waals surface area contributed by atoms with Crippen LogP contribution in [0.2, 0.25) is 0 Å². The van der Waals surface area contributed by atoms with Crippen LogP contribution in [-0.2, 0) is 13.1 Å². The highest BCUT2D eigenvalue weighted by atomic mass is 16.5. The summed E-state index contributed by atoms with van der Waals surface area (Å²) in [5.41, 5.74) is 2.46. The van der Waals surface area contributed by atoms with Crippen molar-refractivity contribution in [2.45, 2.75) is 33.0 Å². The molecule has 102 valence electrons. The lowest BCUT2D eigenvalue weighted by Gasteiger charge is -2.15. The lowest BCUT2D eigenvalue weighted by Crippen LogP contribution is -2.20. The number of hydrogen-bond acceptors (Lipinski definition) is 3. The van der Waals surface area contributed by atoms with Gasteiger partial charge in [-0.2, -0.15) is 5.10 Å². The maximum atomic E-state index is 5.17. The zero-order chi connectivity index (χ0) is 13.7. The highest BCUT2D eigenvalue weighted by molar-refractivity contribution is 5.28. The lowest BCUT2D eigenvalue weighted by atomic mass is 10.1. The van der Waals surface area contributed by atoms with Crippen LogP contribution in [0.25, 0.3) is 0 Å². The number of benzene rings is 1. The number of rotatable bonds is 6. The van der Waals surface area contributed by atoms with Crippen molar-refractivity contribution < 1.29 is 4.74 Å². The summed E-state index contributed by atoms with van der Waals surface area (Å²) in [4.78, 5) is 0. The van der Waals surface area contributed by atoms with Gasteiger partial charge in [0.2, 0.25) is 0 Å². The van der Waals surface area contributed by atoms with Crippen LogP contribution >= 0.6 is 0 Å². The molecule has 0 saturated carbocycles. The fraction of sp³-hybridized carbons (Fsp3) is 0.400. The average Bonchev–Trinajstić information content (AvgIpc) is 2.92. The van der Waals surface area contributed by atoms with Gasteiger partial charge >= 0.3 is 0 Å². The molecule has 0 aliphatic carbocycles. The summed E-state index contributed by atoms with van der Waals surface area (Å²) < 4.78 is 7.17. The Morgan fingerprint density at radius 3 is 2.63 bits per heavy atom. The largest absolute Gasteiger partial charge is 0.497 e. The maximum absolute atomic E-state index is 5.17. The summed E-state index contributed by atoms with van der Waals surface area (Å²) in [5.74, 6) is 0.889. The first kappa shape index (κ1) is 13.6. The minimum Gasteiger partial charge on any atom is -0.497 e. The van der Waals surface area contributed by atoms with E-state index >= 15 is 0 Å². The number of hydrogen-bond donors (Lipinski definition) is 1. The van der Waals surface area contributed by atoms with Crippen LogP contribution in [0.15, 0.2) is 36.5 Å². The monoisotopic (exact) mass is 259 g/mol. The summed E-state index contributed by atoms with van der Waals surface area (Å²) in [6.07, 6.45) is 1.85. The van der Waals surface area contributed by atoms with Gasteiger partial charge in [0.05, 0.1) is 12.8 Å². The van der Waals surface area contributed by atoms with E-state index in [1.165, 1.54) is 11.3 Å². The van der Waals surface area contributed by atoms with E-state index in [4.69, 9.17) is 4.74 Å². The molecular weight excluding hydrogens is 238 g/mol. The predicted molar refractivity (Wildman–Crippen MR) is 76.1 cm³/mol. The third kappa shape index (κ3) is 3.35. The topological polar surface area (TPSA) is 39.1 Å². The molecule has 1 unspecified atom stereocenters. The lowest BCUT2D eigenvalue weighted by molar-refractivity contribution is 0.414. The van der Waals surface area contributed by atoms with Crippen molar-refractivity contribution >= 4 is 0 Å². The van der Waals surface area contributed by atoms with Crippen LogP contribution in [-0.4, -0.2) is 16.9 Å². The maximum Gasteiger partial charge on any atom is 0.118 e. The van der Waals surface area contributed by atoms with Gasteiger partial charge in [-0.25, -0.2) is 0 Å². The number of nitrogens with zero attached hydrogens (tertiary/aromatic N) is 2. The van der Waals surface area contributed by atoms with Gasteiger partial charge in [0, 0.05) is 25.3 Å². The Kier molecular flexibility index (Phi) is 4.58. The third-order valence-corrected chi connectivity index (χ3v) is 3.31. The molecule has 0 fully saturated rings. The Labute approximate surface area is 114 Å². The molecule has 0 amide bonds. The minimum absolute atomic E-state index is 0.297. The number of ether oxygens (including phenoxy) is 1. The summed E-state index contributed by atoms with van der Waals surface area (Å²) in [6.45, 7) is 5.99. The van der Waals surface area contributed by atoms with E-state index < -0.39 is 0 Å². The second-order valence-electron chi connectivity index (χ2n) is 4.51. The molecule has 1 heterocycles. The Morgan fingerprint density at radius 1 is 1.26 bits per heavy atom. The molecule has 4 nitrogen and oxygen atoms in total. The van der Waals surface area contributed by atoms with Crippen LogP contribution in [0, 0.1) is 0 Å². The second kappa shape index (κ2) is 6.38. The fourth-order valence-corrected chi connectivity index (χ4v) is 2.06. The van der Waals surface area contributed by atoms with E-state index in [2.05, 4.69) is 42.5 Å². The van der Waals surface area contributed by atoms with Crippen molar-refractivity contribution in [2.75, 3.05) is 7.11 Å². The molecule has 0 aliphatic heterocycles. The van der Waals surface area contributed by atoms with Crippen molar-refractivity contribution in [2.24, 2.45) is 0 Å². The third-order valence-electron chi connectivity index (χ3n) is 3.31. The molecule has 1 aromatic carbocycles. The fourth-order valence-electron chi connectivity index (χ4n) is 2.06. The molecule has 4 heteroatoms. The van der Waals surface area contributed by atoms with E-state index in [1.807, 2.05) is 23.0 Å². The van der Waals surface area contributed by atoms with Gasteiger partial charge in [-0.1, -0.05) is 12.1 Å². The molecule has 0 spiro atoms. The van der Waals surface area contributed by atoms with Gasteiger partial charge in [-0.15, -0.1) is 0 Å². The first-order valence-electron chi connectivity index (χ1n) is 6.62. The molecule has 1 N–H and O–H groups in total. The van der Waals surface area contributed by atoms with E-state index in [1.54, 1.807) is 7.11 Å². The van der Waals surface area contributed by atoms with Crippen LogP contribution in [0.3, 0.4) is 0 Å². The van der Waals surface area contributed by atoms with Gasteiger partial charge in [0.1, 0.15) is 5.75 Å². The zero-order valence-electron chi connectivity index (χ0n) is 11.8. The number of methoxy groups -OCH3 is 1. The van der Waals surface area contributed by atoms with Crippen LogP contribution in [0.1, 0.15) is 31.1 Å². The Balaban J connectivity index is 1.95. The molecule has 0 bridgehead atoms. The van der Waals surface area contributed by atoms with E-state index in [0.717, 1.165) is 18.8 Å². The first-order valence-corrected chi connectivity index (χ1v) is 6.62. The Morgan fingerprint density at radius 2 is 2.00 bits per heavy atom. The van der Waals surface area contributed by atoms with Crippen molar-refractivity contribution in [1.82, 2.24) is 15.1 Å². The molecule has 19 heavy (non-hydrogen) atoms. The van der Waals surface area contributed by atoms with E-state index in [-0.39, 0.29) is 0 Å². The molecule has 2 rings (SSSR count). The standard InChI is InChI=1S/C15H21N3O/c1-4-18-14(9-10-17-18)11-16-12(2)13-5-7-15(19-3)8-6-13/h5-10,12,16H,4,11H2,1-3H3. The summed E-state index contributed by atoms with van der Waals surface area (Å²) in [6, 6.07) is 10.5. The SMILES string of the molecule is CCn1nccc1CNC(C)c1ccc(OC)cc1. The second-order valence-corrected chi connectivity index (χ2v) is 4.51. The van der Waals surface area contributed by atoms with Crippen LogP contribution < -0.4 is 10.1 Å². The van der Waals surface area contributed by atoms with Gasteiger partial charge in [-0.05, 0) is 37.6 Å². The van der Waals surface area contributed by atoms with Crippen molar-refractivity contribution in [3.05, 3.63) is 47.8 Å². The Hall–Kier alpha value is -1.81. The number of nitrogens with one attached hydrogen (secondary N) is 1. The van der Waals surface area contributed by atoms with E-state index in [0.29, 0.717) is 6.04 Å². The highest BCUT2D eigenvalue weighted by Crippen LogP contribution is 2.17. The summed E-state index contributed by atoms with van der Waals surface area (Å²) in [5, 5.41) is 7.78. The number of aromatic nitrogens is 2. The smallest absolute Gasteiger partial charge is 0.118 e. The molecule has 0 aliphatic rings. The van der Waals surface area contributed by atoms with Crippen LogP contribution in [0.5, 0.6) is 5.75 Å². The predicted octanol–water partition coefficient (Wildman–Crippen LogP) is 2.76. The van der Waals surface area contributed by atoms with Gasteiger partial charge in [-0.3, -0.25) is 4.68 Å². The van der Waals surface area contributed by atoms with Gasteiger partial charge < -0.3 is 10.1 Å². The zero-order valence-corrected chi connectivity index (χ0v) is 11.8. The van der Waals surface area contributed by atoms with Crippen LogP contribution in [0.4, 0.5) is 0 Å². The molecule has 0 saturated heterocycles. The van der Waals surface area contributed by atoms with Gasteiger partial charge in [0.15, 0.2) is 0 Å². The number of aryl methyl sites for hydroxylation is 1.